The molecule has 2 aliphatic rings. The lowest BCUT2D eigenvalue weighted by Crippen LogP contribution is -2.26. The summed E-state index contributed by atoms with van der Waals surface area (Å²) in [5, 5.41) is 0. The number of carbonyl (C=O) groups excluding carboxylic acids is 1. The van der Waals surface area contributed by atoms with E-state index in [-0.39, 0.29) is 5.91 Å². The molecule has 1 aliphatic carbocycles. The molecule has 35 heavy (non-hydrogen) atoms. The third kappa shape index (κ3) is 5.59. The average molecular weight is 547 g/mol. The Morgan fingerprint density at radius 2 is 1.74 bits per heavy atom. The summed E-state index contributed by atoms with van der Waals surface area (Å²) < 4.78 is 1.03. The van der Waals surface area contributed by atoms with Crippen LogP contribution in [0.3, 0.4) is 0 Å². The fourth-order valence-corrected chi connectivity index (χ4v) is 6.91. The van der Waals surface area contributed by atoms with E-state index in [0.717, 1.165) is 28.4 Å². The van der Waals surface area contributed by atoms with Crippen LogP contribution in [-0.4, -0.2) is 17.9 Å². The van der Waals surface area contributed by atoms with Gasteiger partial charge in [-0.1, -0.05) is 89.4 Å². The van der Waals surface area contributed by atoms with Crippen molar-refractivity contribution in [1.29, 1.82) is 0 Å². The number of rotatable bonds is 4. The van der Waals surface area contributed by atoms with Gasteiger partial charge in [-0.05, 0) is 84.2 Å². The summed E-state index contributed by atoms with van der Waals surface area (Å²) >= 11 is 5.46. The van der Waals surface area contributed by atoms with Crippen molar-refractivity contribution in [2.75, 3.05) is 7.05 Å². The van der Waals surface area contributed by atoms with E-state index >= 15 is 0 Å². The third-order valence-electron chi connectivity index (χ3n) is 7.26. The first-order valence-electron chi connectivity index (χ1n) is 12.7. The first-order chi connectivity index (χ1) is 17.1. The van der Waals surface area contributed by atoms with E-state index in [0.29, 0.717) is 12.5 Å². The molecule has 0 aromatic heterocycles. The molecule has 0 bridgehead atoms. The third-order valence-corrected chi connectivity index (χ3v) is 9.23. The van der Waals surface area contributed by atoms with Crippen LogP contribution < -0.4 is 0 Å². The maximum Gasteiger partial charge on any atom is 0.253 e. The van der Waals surface area contributed by atoms with Gasteiger partial charge < -0.3 is 4.90 Å². The SMILES string of the molecule is CN(Cc1ccccc1Br)C(=O)c1ccc2c(c1)CC/C=C(\C1CCCCC1)c1ccccc1S2. The number of nitrogens with zero attached hydrogens (tertiary/aromatic N) is 1. The van der Waals surface area contributed by atoms with Crippen LogP contribution >= 0.6 is 27.7 Å². The molecule has 0 spiro atoms. The molecular weight excluding hydrogens is 514 g/mol. The fraction of sp³-hybridized carbons (Fsp3) is 0.323. The van der Waals surface area contributed by atoms with Crippen LogP contribution in [0.2, 0.25) is 0 Å². The minimum absolute atomic E-state index is 0.0623. The van der Waals surface area contributed by atoms with Crippen molar-refractivity contribution in [3.63, 3.8) is 0 Å². The summed E-state index contributed by atoms with van der Waals surface area (Å²) in [5.41, 5.74) is 6.10. The highest BCUT2D eigenvalue weighted by molar-refractivity contribution is 9.10. The summed E-state index contributed by atoms with van der Waals surface area (Å²) in [6, 6.07) is 23.3. The smallest absolute Gasteiger partial charge is 0.253 e. The topological polar surface area (TPSA) is 20.3 Å². The Kier molecular flexibility index (Phi) is 7.79. The number of benzene rings is 3. The molecule has 0 saturated heterocycles. The zero-order chi connectivity index (χ0) is 24.2. The second-order valence-electron chi connectivity index (χ2n) is 9.71. The number of hydrogen-bond donors (Lipinski definition) is 0. The summed E-state index contributed by atoms with van der Waals surface area (Å²) in [5.74, 6) is 0.738. The van der Waals surface area contributed by atoms with E-state index in [2.05, 4.69) is 64.5 Å². The maximum atomic E-state index is 13.3. The van der Waals surface area contributed by atoms with E-state index < -0.39 is 0 Å². The van der Waals surface area contributed by atoms with Crippen LogP contribution in [0.4, 0.5) is 0 Å². The summed E-state index contributed by atoms with van der Waals surface area (Å²) in [7, 11) is 1.88. The molecule has 4 heteroatoms. The van der Waals surface area contributed by atoms with Crippen molar-refractivity contribution in [1.82, 2.24) is 4.90 Å². The number of fused-ring (bicyclic) bond motifs is 2. The molecule has 2 nitrogen and oxygen atoms in total. The van der Waals surface area contributed by atoms with E-state index in [9.17, 15) is 4.79 Å². The van der Waals surface area contributed by atoms with Gasteiger partial charge in [-0.2, -0.15) is 0 Å². The Bertz CT molecular complexity index is 1240. The van der Waals surface area contributed by atoms with Crippen LogP contribution in [-0.2, 0) is 13.0 Å². The van der Waals surface area contributed by atoms with Gasteiger partial charge in [-0.15, -0.1) is 0 Å². The van der Waals surface area contributed by atoms with E-state index in [4.69, 9.17) is 0 Å². The van der Waals surface area contributed by atoms with E-state index in [1.54, 1.807) is 10.5 Å². The van der Waals surface area contributed by atoms with Gasteiger partial charge in [-0.25, -0.2) is 0 Å². The van der Waals surface area contributed by atoms with Gasteiger partial charge in [0.2, 0.25) is 0 Å². The number of allylic oxidation sites excluding steroid dienone is 2. The fourth-order valence-electron chi connectivity index (χ4n) is 5.39. The molecule has 3 aromatic rings. The molecule has 1 heterocycles. The number of hydrogen-bond acceptors (Lipinski definition) is 2. The quantitative estimate of drug-likeness (QED) is 0.326. The van der Waals surface area contributed by atoms with E-state index in [1.165, 1.54) is 53.0 Å². The normalized spacial score (nSPS) is 17.7. The summed E-state index contributed by atoms with van der Waals surface area (Å²) in [6.45, 7) is 0.576. The molecule has 0 radical (unpaired) electrons. The maximum absolute atomic E-state index is 13.3. The molecule has 5 rings (SSSR count). The van der Waals surface area contributed by atoms with Crippen molar-refractivity contribution in [2.45, 2.75) is 61.3 Å². The second kappa shape index (κ2) is 11.2. The molecular formula is C31H32BrNOS. The highest BCUT2D eigenvalue weighted by atomic mass is 79.9. The van der Waals surface area contributed by atoms with Gasteiger partial charge in [-0.3, -0.25) is 4.79 Å². The monoisotopic (exact) mass is 545 g/mol. The van der Waals surface area contributed by atoms with Crippen LogP contribution in [0.5, 0.6) is 0 Å². The number of carbonyl (C=O) groups is 1. The average Bonchev–Trinajstić information content (AvgIpc) is 2.97. The van der Waals surface area contributed by atoms with Gasteiger partial charge >= 0.3 is 0 Å². The molecule has 0 atom stereocenters. The minimum atomic E-state index is 0.0623. The number of aryl methyl sites for hydroxylation is 1. The molecule has 1 amide bonds. The van der Waals surface area contributed by atoms with Crippen LogP contribution in [0.25, 0.3) is 5.57 Å². The summed E-state index contributed by atoms with van der Waals surface area (Å²) in [6.07, 6.45) is 11.1. The number of amides is 1. The lowest BCUT2D eigenvalue weighted by atomic mass is 9.80. The van der Waals surface area contributed by atoms with Gasteiger partial charge in [0.15, 0.2) is 0 Å². The molecule has 0 N–H and O–H groups in total. The molecule has 1 saturated carbocycles. The standard InChI is InChI=1S/C31H32BrNOS/c1-33(21-25-12-5-7-16-28(25)32)31(34)24-18-19-29-23(20-24)13-9-15-26(22-10-3-2-4-11-22)27-14-6-8-17-30(27)35-29/h5-8,12,14-20,22H,2-4,9-11,13,21H2,1H3/b26-15+. The summed E-state index contributed by atoms with van der Waals surface area (Å²) in [4.78, 5) is 17.7. The first kappa shape index (κ1) is 24.4. The highest BCUT2D eigenvalue weighted by Crippen LogP contribution is 2.43. The van der Waals surface area contributed by atoms with Gasteiger partial charge in [0.25, 0.3) is 5.91 Å². The Morgan fingerprint density at radius 3 is 2.57 bits per heavy atom. The number of halogens is 1. The second-order valence-corrected chi connectivity index (χ2v) is 11.6. The van der Waals surface area contributed by atoms with Gasteiger partial charge in [0, 0.05) is 33.4 Å². The lowest BCUT2D eigenvalue weighted by molar-refractivity contribution is 0.0784. The zero-order valence-corrected chi connectivity index (χ0v) is 22.7. The Balaban J connectivity index is 1.42. The minimum Gasteiger partial charge on any atom is -0.337 e. The first-order valence-corrected chi connectivity index (χ1v) is 14.3. The van der Waals surface area contributed by atoms with Crippen molar-refractivity contribution in [3.05, 3.63) is 99.5 Å². The molecule has 3 aromatic carbocycles. The predicted molar refractivity (Wildman–Crippen MR) is 150 cm³/mol. The molecule has 0 unspecified atom stereocenters. The van der Waals surface area contributed by atoms with Crippen LogP contribution in [0.1, 0.15) is 65.6 Å². The van der Waals surface area contributed by atoms with Gasteiger partial charge in [0.1, 0.15) is 0 Å². The predicted octanol–water partition coefficient (Wildman–Crippen LogP) is 8.78. The van der Waals surface area contributed by atoms with Crippen molar-refractivity contribution in [3.8, 4) is 0 Å². The Morgan fingerprint density at radius 1 is 0.971 bits per heavy atom. The molecule has 180 valence electrons. The van der Waals surface area contributed by atoms with Gasteiger partial charge in [0.05, 0.1) is 0 Å². The molecule has 1 aliphatic heterocycles. The van der Waals surface area contributed by atoms with Crippen molar-refractivity contribution >= 4 is 39.2 Å². The molecule has 1 fully saturated rings. The van der Waals surface area contributed by atoms with E-state index in [1.807, 2.05) is 43.1 Å². The zero-order valence-electron chi connectivity index (χ0n) is 20.3. The lowest BCUT2D eigenvalue weighted by Gasteiger charge is -2.26. The van der Waals surface area contributed by atoms with Crippen molar-refractivity contribution in [2.24, 2.45) is 5.92 Å². The van der Waals surface area contributed by atoms with Crippen LogP contribution in [0, 0.1) is 5.92 Å². The van der Waals surface area contributed by atoms with Crippen molar-refractivity contribution < 1.29 is 4.79 Å². The largest absolute Gasteiger partial charge is 0.337 e. The Hall–Kier alpha value is -2.30. The highest BCUT2D eigenvalue weighted by Gasteiger charge is 2.23. The van der Waals surface area contributed by atoms with Crippen LogP contribution in [0.15, 0.2) is 87.1 Å². The Labute approximate surface area is 222 Å².